The minimum atomic E-state index is 0.401. The maximum Gasteiger partial charge on any atom is 0.0931 e. The van der Waals surface area contributed by atoms with E-state index in [0.717, 1.165) is 37.1 Å². The van der Waals surface area contributed by atoms with Gasteiger partial charge in [0.15, 0.2) is 0 Å². The second-order valence-electron chi connectivity index (χ2n) is 7.35. The van der Waals surface area contributed by atoms with Gasteiger partial charge in [0.25, 0.3) is 0 Å². The molecule has 3 heteroatoms. The molecule has 0 aliphatic heterocycles. The number of hydrogen-bond donors (Lipinski definition) is 0. The highest BCUT2D eigenvalue weighted by molar-refractivity contribution is 5.81. The second kappa shape index (κ2) is 5.48. The lowest BCUT2D eigenvalue weighted by Crippen LogP contribution is -2.18. The maximum absolute atomic E-state index is 5.15. The van der Waals surface area contributed by atoms with E-state index in [0.29, 0.717) is 5.92 Å². The maximum atomic E-state index is 5.15. The molecular weight excluding hydrogens is 306 g/mol. The Morgan fingerprint density at radius 3 is 2.12 bits per heavy atom. The molecule has 0 atom stereocenters. The van der Waals surface area contributed by atoms with Gasteiger partial charge in [0, 0.05) is 23.7 Å². The zero-order valence-electron chi connectivity index (χ0n) is 14.7. The van der Waals surface area contributed by atoms with E-state index in [-0.39, 0.29) is 0 Å². The van der Waals surface area contributed by atoms with Gasteiger partial charge in [-0.2, -0.15) is 0 Å². The van der Waals surface area contributed by atoms with Crippen LogP contribution in [0.25, 0.3) is 22.6 Å². The van der Waals surface area contributed by atoms with E-state index < -0.39 is 0 Å². The first-order chi connectivity index (χ1) is 12.2. The van der Waals surface area contributed by atoms with Crippen molar-refractivity contribution in [3.8, 4) is 22.6 Å². The Kier molecular flexibility index (Phi) is 3.24. The molecule has 0 radical (unpaired) electrons. The number of rotatable bonds is 1. The first kappa shape index (κ1) is 14.8. The monoisotopic (exact) mass is 327 g/mol. The third-order valence-corrected chi connectivity index (χ3v) is 5.51. The van der Waals surface area contributed by atoms with Gasteiger partial charge in [-0.1, -0.05) is 26.0 Å². The molecule has 2 aliphatic carbocycles. The normalized spacial score (nSPS) is 14.5. The molecule has 0 aromatic carbocycles. The van der Waals surface area contributed by atoms with E-state index in [9.17, 15) is 0 Å². The summed E-state index contributed by atoms with van der Waals surface area (Å²) in [6.07, 6.45) is 7.99. The number of aryl methyl sites for hydroxylation is 2. The Morgan fingerprint density at radius 2 is 1.40 bits per heavy atom. The summed E-state index contributed by atoms with van der Waals surface area (Å²) in [6.45, 7) is 4.48. The number of nitrogens with zero attached hydrogens (tertiary/aromatic N) is 3. The molecule has 3 aromatic rings. The summed E-state index contributed by atoms with van der Waals surface area (Å²) < 4.78 is 0. The van der Waals surface area contributed by atoms with Crippen LogP contribution < -0.4 is 0 Å². The summed E-state index contributed by atoms with van der Waals surface area (Å²) in [5.41, 5.74) is 11.3. The van der Waals surface area contributed by atoms with Crippen molar-refractivity contribution < 1.29 is 0 Å². The fourth-order valence-electron chi connectivity index (χ4n) is 4.38. The van der Waals surface area contributed by atoms with Crippen LogP contribution >= 0.6 is 0 Å². The molecule has 3 aromatic heterocycles. The van der Waals surface area contributed by atoms with Gasteiger partial charge in [0.2, 0.25) is 0 Å². The first-order valence-electron chi connectivity index (χ1n) is 9.18. The molecule has 3 heterocycles. The van der Waals surface area contributed by atoms with Crippen molar-refractivity contribution in [3.05, 3.63) is 64.6 Å². The quantitative estimate of drug-likeness (QED) is 0.659. The lowest BCUT2D eigenvalue weighted by atomic mass is 9.79. The van der Waals surface area contributed by atoms with Crippen molar-refractivity contribution in [1.29, 1.82) is 0 Å². The van der Waals surface area contributed by atoms with Crippen molar-refractivity contribution in [2.45, 2.75) is 45.4 Å². The van der Waals surface area contributed by atoms with Crippen LogP contribution in [-0.2, 0) is 25.7 Å². The highest BCUT2D eigenvalue weighted by Crippen LogP contribution is 2.43. The summed E-state index contributed by atoms with van der Waals surface area (Å²) in [4.78, 5) is 14.6. The minimum absolute atomic E-state index is 0.401. The largest absolute Gasteiger partial charge is 0.256 e. The van der Waals surface area contributed by atoms with Crippen LogP contribution in [0.2, 0.25) is 0 Å². The van der Waals surface area contributed by atoms with Crippen LogP contribution in [-0.4, -0.2) is 15.0 Å². The molecule has 0 saturated heterocycles. The summed E-state index contributed by atoms with van der Waals surface area (Å²) >= 11 is 0. The summed E-state index contributed by atoms with van der Waals surface area (Å²) in [6, 6.07) is 8.50. The Hall–Kier alpha value is -2.55. The van der Waals surface area contributed by atoms with Crippen LogP contribution in [0.4, 0.5) is 0 Å². The molecule has 3 nitrogen and oxygen atoms in total. The van der Waals surface area contributed by atoms with Crippen molar-refractivity contribution in [3.63, 3.8) is 0 Å². The molecule has 0 unspecified atom stereocenters. The average molecular weight is 327 g/mol. The third kappa shape index (κ3) is 2.15. The van der Waals surface area contributed by atoms with Gasteiger partial charge in [0.1, 0.15) is 0 Å². The summed E-state index contributed by atoms with van der Waals surface area (Å²) in [5, 5.41) is 0. The number of hydrogen-bond acceptors (Lipinski definition) is 3. The van der Waals surface area contributed by atoms with Crippen LogP contribution in [0, 0.1) is 0 Å². The Labute approximate surface area is 148 Å². The van der Waals surface area contributed by atoms with Crippen molar-refractivity contribution in [2.24, 2.45) is 0 Å². The summed E-state index contributed by atoms with van der Waals surface area (Å²) in [7, 11) is 0. The molecule has 2 aliphatic rings. The van der Waals surface area contributed by atoms with Gasteiger partial charge >= 0.3 is 0 Å². The van der Waals surface area contributed by atoms with E-state index >= 15 is 0 Å². The van der Waals surface area contributed by atoms with Crippen LogP contribution in [0.3, 0.4) is 0 Å². The molecule has 0 spiro atoms. The van der Waals surface area contributed by atoms with E-state index in [1.54, 1.807) is 0 Å². The zero-order chi connectivity index (χ0) is 17.0. The van der Waals surface area contributed by atoms with Gasteiger partial charge in [-0.05, 0) is 66.0 Å². The van der Waals surface area contributed by atoms with Gasteiger partial charge < -0.3 is 0 Å². The highest BCUT2D eigenvalue weighted by Gasteiger charge is 2.30. The van der Waals surface area contributed by atoms with Gasteiger partial charge in [-0.3, -0.25) is 15.0 Å². The van der Waals surface area contributed by atoms with Crippen molar-refractivity contribution >= 4 is 0 Å². The number of fused-ring (bicyclic) bond motifs is 7. The summed E-state index contributed by atoms with van der Waals surface area (Å²) in [5.74, 6) is 0.401. The van der Waals surface area contributed by atoms with E-state index in [1.807, 2.05) is 18.5 Å². The fraction of sp³-hybridized carbons (Fsp3) is 0.318. The Morgan fingerprint density at radius 1 is 0.760 bits per heavy atom. The average Bonchev–Trinajstić information content (AvgIpc) is 2.66. The highest BCUT2D eigenvalue weighted by atomic mass is 14.8. The van der Waals surface area contributed by atoms with Crippen LogP contribution in [0.5, 0.6) is 0 Å². The van der Waals surface area contributed by atoms with Crippen LogP contribution in [0.15, 0.2) is 36.7 Å². The standard InChI is InChI=1S/C22H21N3/c1-13(2)19-16-9-7-14-5-3-11-23-20(14)18(16)17-10-8-15-6-4-12-24-21(15)22(17)25-19/h3-6,11-13H,7-10H2,1-2H3. The molecule has 0 amide bonds. The zero-order valence-corrected chi connectivity index (χ0v) is 14.7. The van der Waals surface area contributed by atoms with Crippen molar-refractivity contribution in [1.82, 2.24) is 15.0 Å². The first-order valence-corrected chi connectivity index (χ1v) is 9.18. The minimum Gasteiger partial charge on any atom is -0.256 e. The SMILES string of the molecule is CC(C)c1nc2c(c3c1CCc1cccnc1-3)CCc1cccnc1-2. The second-order valence-corrected chi connectivity index (χ2v) is 7.35. The van der Waals surface area contributed by atoms with E-state index in [1.165, 1.54) is 39.2 Å². The number of aromatic nitrogens is 3. The predicted molar refractivity (Wildman–Crippen MR) is 99.6 cm³/mol. The van der Waals surface area contributed by atoms with Gasteiger partial charge in [-0.25, -0.2) is 0 Å². The third-order valence-electron chi connectivity index (χ3n) is 5.51. The van der Waals surface area contributed by atoms with Crippen molar-refractivity contribution in [2.75, 3.05) is 0 Å². The molecule has 0 fully saturated rings. The Bertz CT molecular complexity index is 989. The topological polar surface area (TPSA) is 38.7 Å². The number of pyridine rings is 3. The molecule has 0 saturated carbocycles. The van der Waals surface area contributed by atoms with Gasteiger partial charge in [0.05, 0.1) is 17.1 Å². The smallest absolute Gasteiger partial charge is 0.0931 e. The lowest BCUT2D eigenvalue weighted by Gasteiger charge is -2.29. The van der Waals surface area contributed by atoms with Gasteiger partial charge in [-0.15, -0.1) is 0 Å². The van der Waals surface area contributed by atoms with E-state index in [2.05, 4.69) is 37.0 Å². The van der Waals surface area contributed by atoms with Crippen LogP contribution in [0.1, 0.15) is 47.7 Å². The predicted octanol–water partition coefficient (Wildman–Crippen LogP) is 4.53. The molecule has 124 valence electrons. The molecule has 0 bridgehead atoms. The lowest BCUT2D eigenvalue weighted by molar-refractivity contribution is 0.770. The fourth-order valence-corrected chi connectivity index (χ4v) is 4.38. The molecular formula is C22H21N3. The molecule has 0 N–H and O–H groups in total. The van der Waals surface area contributed by atoms with E-state index in [4.69, 9.17) is 9.97 Å². The molecule has 5 rings (SSSR count). The Balaban J connectivity index is 1.88. The molecule has 25 heavy (non-hydrogen) atoms.